The second-order valence-corrected chi connectivity index (χ2v) is 3.60. The number of methoxy groups -OCH3 is 1. The van der Waals surface area contributed by atoms with Gasteiger partial charge in [0.25, 0.3) is 0 Å². The van der Waals surface area contributed by atoms with Crippen LogP contribution in [-0.4, -0.2) is 66.4 Å². The summed E-state index contributed by atoms with van der Waals surface area (Å²) in [6.07, 6.45) is -0.155. The molecular weight excluding hydrogens is 244 g/mol. The van der Waals surface area contributed by atoms with Gasteiger partial charge >= 0.3 is 18.0 Å². The fourth-order valence-corrected chi connectivity index (χ4v) is 1.13. The molecule has 1 atom stereocenters. The van der Waals surface area contributed by atoms with E-state index < -0.39 is 24.0 Å². The molecule has 0 fully saturated rings. The van der Waals surface area contributed by atoms with E-state index in [1.807, 2.05) is 0 Å². The van der Waals surface area contributed by atoms with Crippen LogP contribution in [0.25, 0.3) is 0 Å². The highest BCUT2D eigenvalue weighted by molar-refractivity contribution is 5.83. The van der Waals surface area contributed by atoms with Crippen molar-refractivity contribution in [1.82, 2.24) is 10.2 Å². The summed E-state index contributed by atoms with van der Waals surface area (Å²) in [5.74, 6) is -1.77. The summed E-state index contributed by atoms with van der Waals surface area (Å²) in [7, 11) is 2.62. The van der Waals surface area contributed by atoms with Crippen molar-refractivity contribution in [3.05, 3.63) is 0 Å². The zero-order chi connectivity index (χ0) is 14.1. The molecular formula is C10H18N2O6. The summed E-state index contributed by atoms with van der Waals surface area (Å²) in [6, 6.07) is -1.79. The third-order valence-corrected chi connectivity index (χ3v) is 2.24. The Labute approximate surface area is 105 Å². The Morgan fingerprint density at radius 1 is 1.39 bits per heavy atom. The first-order valence-electron chi connectivity index (χ1n) is 5.34. The van der Waals surface area contributed by atoms with Crippen molar-refractivity contribution in [3.8, 4) is 0 Å². The lowest BCUT2D eigenvalue weighted by molar-refractivity contribution is -0.142. The van der Waals surface area contributed by atoms with Crippen molar-refractivity contribution >= 4 is 18.0 Å². The smallest absolute Gasteiger partial charge is 0.326 e. The number of carboxylic acids is 1. The molecule has 0 saturated heterocycles. The molecule has 0 spiro atoms. The van der Waals surface area contributed by atoms with Gasteiger partial charge in [0.05, 0.1) is 13.7 Å². The van der Waals surface area contributed by atoms with Gasteiger partial charge in [-0.1, -0.05) is 0 Å². The number of amides is 2. The lowest BCUT2D eigenvalue weighted by atomic mass is 10.1. The van der Waals surface area contributed by atoms with Gasteiger partial charge in [-0.05, 0) is 6.42 Å². The number of aliphatic carboxylic acids is 1. The van der Waals surface area contributed by atoms with Crippen LogP contribution in [0.2, 0.25) is 0 Å². The fraction of sp³-hybridized carbons (Fsp3) is 0.700. The van der Waals surface area contributed by atoms with Crippen molar-refractivity contribution in [2.75, 3.05) is 27.3 Å². The van der Waals surface area contributed by atoms with Gasteiger partial charge < -0.3 is 25.2 Å². The number of carboxylic acid groups (broad SMARTS) is 1. The molecule has 0 aromatic heterocycles. The standard InChI is InChI=1S/C10H18N2O6/c1-12(5-6-13)10(17)11-7(9(15)16)3-4-8(14)18-2/h7,13H,3-6H2,1-2H3,(H,11,17)(H,15,16)/t7-/m0/s1. The number of aliphatic hydroxyl groups is 1. The van der Waals surface area contributed by atoms with E-state index in [1.54, 1.807) is 0 Å². The number of likely N-dealkylation sites (N-methyl/N-ethyl adjacent to an activating group) is 1. The van der Waals surface area contributed by atoms with E-state index in [4.69, 9.17) is 10.2 Å². The molecule has 0 heterocycles. The number of ether oxygens (including phenoxy) is 1. The third-order valence-electron chi connectivity index (χ3n) is 2.24. The average molecular weight is 262 g/mol. The van der Waals surface area contributed by atoms with Gasteiger partial charge in [-0.2, -0.15) is 0 Å². The first-order chi connectivity index (χ1) is 8.42. The second kappa shape index (κ2) is 8.29. The normalized spacial score (nSPS) is 11.5. The van der Waals surface area contributed by atoms with Crippen molar-refractivity contribution < 1.29 is 29.3 Å². The van der Waals surface area contributed by atoms with Crippen LogP contribution in [0.3, 0.4) is 0 Å². The lowest BCUT2D eigenvalue weighted by Gasteiger charge is -2.20. The average Bonchev–Trinajstić information content (AvgIpc) is 2.33. The van der Waals surface area contributed by atoms with Gasteiger partial charge in [-0.15, -0.1) is 0 Å². The van der Waals surface area contributed by atoms with Gasteiger partial charge in [0.2, 0.25) is 0 Å². The Kier molecular flexibility index (Phi) is 7.45. The molecule has 0 aliphatic carbocycles. The van der Waals surface area contributed by atoms with Crippen LogP contribution in [-0.2, 0) is 14.3 Å². The Morgan fingerprint density at radius 3 is 2.44 bits per heavy atom. The molecule has 0 unspecified atom stereocenters. The molecule has 0 aromatic rings. The molecule has 0 bridgehead atoms. The highest BCUT2D eigenvalue weighted by Gasteiger charge is 2.22. The largest absolute Gasteiger partial charge is 0.480 e. The minimum absolute atomic E-state index is 0.0548. The number of carbonyl (C=O) groups excluding carboxylic acids is 2. The first-order valence-corrected chi connectivity index (χ1v) is 5.34. The molecule has 0 aromatic carbocycles. The minimum Gasteiger partial charge on any atom is -0.480 e. The van der Waals surface area contributed by atoms with Crippen LogP contribution in [0, 0.1) is 0 Å². The molecule has 0 aliphatic rings. The zero-order valence-electron chi connectivity index (χ0n) is 10.4. The van der Waals surface area contributed by atoms with Crippen LogP contribution >= 0.6 is 0 Å². The number of urea groups is 1. The molecule has 0 rings (SSSR count). The van der Waals surface area contributed by atoms with Crippen molar-refractivity contribution in [2.24, 2.45) is 0 Å². The molecule has 8 heteroatoms. The van der Waals surface area contributed by atoms with Gasteiger partial charge in [0.1, 0.15) is 6.04 Å². The summed E-state index contributed by atoms with van der Waals surface area (Å²) in [6.45, 7) is -0.126. The van der Waals surface area contributed by atoms with E-state index in [9.17, 15) is 14.4 Å². The van der Waals surface area contributed by atoms with Crippen LogP contribution in [0.15, 0.2) is 0 Å². The number of hydrogen-bond donors (Lipinski definition) is 3. The number of nitrogens with zero attached hydrogens (tertiary/aromatic N) is 1. The number of rotatable bonds is 7. The quantitative estimate of drug-likeness (QED) is 0.508. The Balaban J connectivity index is 4.31. The van der Waals surface area contributed by atoms with E-state index in [0.717, 1.165) is 4.90 Å². The van der Waals surface area contributed by atoms with Crippen molar-refractivity contribution in [3.63, 3.8) is 0 Å². The zero-order valence-corrected chi connectivity index (χ0v) is 10.4. The minimum atomic E-state index is -1.23. The number of aliphatic hydroxyl groups excluding tert-OH is 1. The number of carbonyl (C=O) groups is 3. The topological polar surface area (TPSA) is 116 Å². The predicted octanol–water partition coefficient (Wildman–Crippen LogP) is -0.973. The number of hydrogen-bond acceptors (Lipinski definition) is 5. The second-order valence-electron chi connectivity index (χ2n) is 3.60. The highest BCUT2D eigenvalue weighted by Crippen LogP contribution is 2.00. The molecule has 0 saturated carbocycles. The van der Waals surface area contributed by atoms with Crippen molar-refractivity contribution in [2.45, 2.75) is 18.9 Å². The van der Waals surface area contributed by atoms with Gasteiger partial charge in [0, 0.05) is 20.0 Å². The lowest BCUT2D eigenvalue weighted by Crippen LogP contribution is -2.47. The van der Waals surface area contributed by atoms with E-state index in [0.29, 0.717) is 0 Å². The maximum atomic E-state index is 11.5. The molecule has 8 nitrogen and oxygen atoms in total. The van der Waals surface area contributed by atoms with E-state index >= 15 is 0 Å². The van der Waals surface area contributed by atoms with Crippen LogP contribution in [0.1, 0.15) is 12.8 Å². The first kappa shape index (κ1) is 16.2. The third kappa shape index (κ3) is 6.04. The summed E-state index contributed by atoms with van der Waals surface area (Å²) < 4.78 is 4.38. The molecule has 18 heavy (non-hydrogen) atoms. The molecule has 0 radical (unpaired) electrons. The number of nitrogens with one attached hydrogen (secondary N) is 1. The van der Waals surface area contributed by atoms with Crippen LogP contribution in [0.4, 0.5) is 4.79 Å². The Morgan fingerprint density at radius 2 is 2.00 bits per heavy atom. The van der Waals surface area contributed by atoms with E-state index in [2.05, 4.69) is 10.1 Å². The molecule has 104 valence electrons. The number of esters is 1. The van der Waals surface area contributed by atoms with E-state index in [-0.39, 0.29) is 26.0 Å². The van der Waals surface area contributed by atoms with Crippen molar-refractivity contribution in [1.29, 1.82) is 0 Å². The van der Waals surface area contributed by atoms with Crippen LogP contribution < -0.4 is 5.32 Å². The molecule has 2 amide bonds. The van der Waals surface area contributed by atoms with Crippen LogP contribution in [0.5, 0.6) is 0 Å². The highest BCUT2D eigenvalue weighted by atomic mass is 16.5. The molecule has 0 aliphatic heterocycles. The monoisotopic (exact) mass is 262 g/mol. The Hall–Kier alpha value is -1.83. The van der Waals surface area contributed by atoms with Gasteiger partial charge in [-0.3, -0.25) is 4.79 Å². The SMILES string of the molecule is COC(=O)CC[C@H](NC(=O)N(C)CCO)C(=O)O. The summed E-state index contributed by atoms with van der Waals surface area (Å²) in [5.41, 5.74) is 0. The predicted molar refractivity (Wildman–Crippen MR) is 60.9 cm³/mol. The fourth-order valence-electron chi connectivity index (χ4n) is 1.13. The van der Waals surface area contributed by atoms with E-state index in [1.165, 1.54) is 14.2 Å². The van der Waals surface area contributed by atoms with Gasteiger partial charge in [-0.25, -0.2) is 9.59 Å². The maximum absolute atomic E-state index is 11.5. The Bertz CT molecular complexity index is 307. The van der Waals surface area contributed by atoms with Gasteiger partial charge in [0.15, 0.2) is 0 Å². The molecule has 3 N–H and O–H groups in total. The summed E-state index contributed by atoms with van der Waals surface area (Å²) in [5, 5.41) is 19.8. The maximum Gasteiger partial charge on any atom is 0.326 e. The summed E-state index contributed by atoms with van der Waals surface area (Å²) >= 11 is 0. The summed E-state index contributed by atoms with van der Waals surface area (Å²) in [4.78, 5) is 34.4.